The minimum Gasteiger partial charge on any atom is -0.494 e. The van der Waals surface area contributed by atoms with Crippen LogP contribution in [0.25, 0.3) is 0 Å². The second-order valence-corrected chi connectivity index (χ2v) is 5.72. The van der Waals surface area contributed by atoms with E-state index >= 15 is 0 Å². The highest BCUT2D eigenvalue weighted by molar-refractivity contribution is 6.33. The van der Waals surface area contributed by atoms with E-state index in [0.29, 0.717) is 19.6 Å². The average molecular weight is 364 g/mol. The third kappa shape index (κ3) is 5.96. The number of benzene rings is 2. The Kier molecular flexibility index (Phi) is 6.59. The van der Waals surface area contributed by atoms with E-state index in [0.717, 1.165) is 11.3 Å². The quantitative estimate of drug-likeness (QED) is 0.439. The van der Waals surface area contributed by atoms with Crippen LogP contribution < -0.4 is 15.4 Å². The van der Waals surface area contributed by atoms with E-state index < -0.39 is 11.0 Å². The van der Waals surface area contributed by atoms with Crippen LogP contribution in [0.5, 0.6) is 5.75 Å². The zero-order valence-corrected chi connectivity index (χ0v) is 14.4. The van der Waals surface area contributed by atoms with Crippen molar-refractivity contribution in [3.05, 3.63) is 63.2 Å². The molecule has 0 saturated carbocycles. The largest absolute Gasteiger partial charge is 0.494 e. The first-order valence-corrected chi connectivity index (χ1v) is 8.02. The molecule has 0 atom stereocenters. The molecule has 0 fully saturated rings. The number of carbonyl (C=O) groups is 1. The maximum atomic E-state index is 11.8. The summed E-state index contributed by atoms with van der Waals surface area (Å²) in [5.41, 5.74) is 1.20. The summed E-state index contributed by atoms with van der Waals surface area (Å²) in [6, 6.07) is 11.1. The van der Waals surface area contributed by atoms with Gasteiger partial charge in [-0.2, -0.15) is 0 Å². The van der Waals surface area contributed by atoms with Crippen LogP contribution in [0.15, 0.2) is 42.5 Å². The number of anilines is 1. The number of hydrogen-bond acceptors (Lipinski definition) is 4. The van der Waals surface area contributed by atoms with Crippen molar-refractivity contribution in [1.82, 2.24) is 5.32 Å². The lowest BCUT2D eigenvalue weighted by molar-refractivity contribution is -0.384. The minimum absolute atomic E-state index is 0.147. The Labute approximate surface area is 150 Å². The Morgan fingerprint density at radius 2 is 1.96 bits per heavy atom. The highest BCUT2D eigenvalue weighted by Gasteiger charge is 2.11. The van der Waals surface area contributed by atoms with E-state index in [9.17, 15) is 14.9 Å². The number of rotatable bonds is 7. The molecule has 0 bridgehead atoms. The van der Waals surface area contributed by atoms with Crippen molar-refractivity contribution in [2.45, 2.75) is 13.3 Å². The van der Waals surface area contributed by atoms with Crippen LogP contribution in [0, 0.1) is 17.0 Å². The molecule has 7 nitrogen and oxygen atoms in total. The number of halogens is 1. The Bertz CT molecular complexity index is 750. The molecule has 2 rings (SSSR count). The van der Waals surface area contributed by atoms with Crippen molar-refractivity contribution >= 4 is 29.0 Å². The molecule has 0 saturated heterocycles. The minimum atomic E-state index is -0.554. The predicted octanol–water partition coefficient (Wildman–Crippen LogP) is 4.15. The number of ether oxygens (including phenoxy) is 1. The zero-order chi connectivity index (χ0) is 18.2. The maximum absolute atomic E-state index is 11.8. The van der Waals surface area contributed by atoms with Gasteiger partial charge in [0, 0.05) is 18.7 Å². The number of carbonyl (C=O) groups excluding carboxylic acids is 1. The van der Waals surface area contributed by atoms with Crippen LogP contribution in [-0.2, 0) is 0 Å². The number of nitrogens with one attached hydrogen (secondary N) is 2. The van der Waals surface area contributed by atoms with Gasteiger partial charge in [0.05, 0.1) is 22.2 Å². The molecule has 2 N–H and O–H groups in total. The normalized spacial score (nSPS) is 10.2. The molecule has 0 aliphatic heterocycles. The second kappa shape index (κ2) is 8.89. The van der Waals surface area contributed by atoms with Crippen molar-refractivity contribution in [3.63, 3.8) is 0 Å². The third-order valence-corrected chi connectivity index (χ3v) is 3.63. The number of non-ortho nitro benzene ring substituents is 1. The van der Waals surface area contributed by atoms with Crippen LogP contribution in [0.1, 0.15) is 12.0 Å². The molecule has 0 heterocycles. The molecular weight excluding hydrogens is 346 g/mol. The van der Waals surface area contributed by atoms with Gasteiger partial charge in [-0.15, -0.1) is 0 Å². The number of nitro groups is 1. The maximum Gasteiger partial charge on any atom is 0.319 e. The predicted molar refractivity (Wildman–Crippen MR) is 96.4 cm³/mol. The summed E-state index contributed by atoms with van der Waals surface area (Å²) in [7, 11) is 0. The first kappa shape index (κ1) is 18.5. The number of amides is 2. The van der Waals surface area contributed by atoms with Crippen molar-refractivity contribution in [2.75, 3.05) is 18.5 Å². The molecule has 2 aromatic rings. The molecule has 25 heavy (non-hydrogen) atoms. The van der Waals surface area contributed by atoms with Crippen LogP contribution in [0.2, 0.25) is 5.02 Å². The first-order valence-electron chi connectivity index (χ1n) is 7.64. The highest BCUT2D eigenvalue weighted by Crippen LogP contribution is 2.26. The van der Waals surface area contributed by atoms with E-state index in [4.69, 9.17) is 16.3 Å². The van der Waals surface area contributed by atoms with Crippen LogP contribution in [0.4, 0.5) is 16.2 Å². The molecule has 8 heteroatoms. The van der Waals surface area contributed by atoms with E-state index in [1.807, 2.05) is 31.2 Å². The SMILES string of the molecule is Cc1ccc(OCCCNC(=O)Nc2cc([N+](=O)[O-])ccc2Cl)cc1. The van der Waals surface area contributed by atoms with Gasteiger partial charge in [0.1, 0.15) is 5.75 Å². The molecule has 0 aliphatic carbocycles. The third-order valence-electron chi connectivity index (χ3n) is 3.31. The monoisotopic (exact) mass is 363 g/mol. The smallest absolute Gasteiger partial charge is 0.319 e. The molecule has 2 amide bonds. The topological polar surface area (TPSA) is 93.5 Å². The molecule has 0 radical (unpaired) electrons. The number of nitrogens with zero attached hydrogens (tertiary/aromatic N) is 1. The molecule has 132 valence electrons. The Balaban J connectivity index is 1.73. The van der Waals surface area contributed by atoms with Gasteiger partial charge in [-0.25, -0.2) is 4.79 Å². The second-order valence-electron chi connectivity index (χ2n) is 5.32. The highest BCUT2D eigenvalue weighted by atomic mass is 35.5. The van der Waals surface area contributed by atoms with Gasteiger partial charge in [-0.05, 0) is 31.5 Å². The summed E-state index contributed by atoms with van der Waals surface area (Å²) in [5, 5.41) is 16.1. The molecule has 0 aromatic heterocycles. The van der Waals surface area contributed by atoms with Crippen molar-refractivity contribution in [1.29, 1.82) is 0 Å². The zero-order valence-electron chi connectivity index (χ0n) is 13.6. The van der Waals surface area contributed by atoms with Gasteiger partial charge >= 0.3 is 6.03 Å². The van der Waals surface area contributed by atoms with Crippen LogP contribution >= 0.6 is 11.6 Å². The van der Waals surface area contributed by atoms with E-state index in [1.165, 1.54) is 18.2 Å². The Morgan fingerprint density at radius 3 is 2.64 bits per heavy atom. The van der Waals surface area contributed by atoms with Gasteiger partial charge in [-0.1, -0.05) is 29.3 Å². The number of urea groups is 1. The standard InChI is InChI=1S/C17H18ClN3O4/c1-12-3-6-14(7-4-12)25-10-2-9-19-17(22)20-16-11-13(21(23)24)5-8-15(16)18/h3-8,11H,2,9-10H2,1H3,(H2,19,20,22). The molecule has 2 aromatic carbocycles. The van der Waals surface area contributed by atoms with Gasteiger partial charge in [0.25, 0.3) is 5.69 Å². The number of hydrogen-bond donors (Lipinski definition) is 2. The van der Waals surface area contributed by atoms with Crippen LogP contribution in [-0.4, -0.2) is 24.1 Å². The van der Waals surface area contributed by atoms with E-state index in [2.05, 4.69) is 10.6 Å². The van der Waals surface area contributed by atoms with Gasteiger partial charge in [-0.3, -0.25) is 10.1 Å². The summed E-state index contributed by atoms with van der Waals surface area (Å²) >= 11 is 5.92. The summed E-state index contributed by atoms with van der Waals surface area (Å²) < 4.78 is 5.55. The van der Waals surface area contributed by atoms with E-state index in [-0.39, 0.29) is 16.4 Å². The van der Waals surface area contributed by atoms with E-state index in [1.54, 1.807) is 0 Å². The lowest BCUT2D eigenvalue weighted by atomic mass is 10.2. The summed E-state index contributed by atoms with van der Waals surface area (Å²) in [6.07, 6.45) is 0.615. The van der Waals surface area contributed by atoms with Crippen molar-refractivity contribution in [3.8, 4) is 5.75 Å². The van der Waals surface area contributed by atoms with Crippen LogP contribution in [0.3, 0.4) is 0 Å². The fraction of sp³-hybridized carbons (Fsp3) is 0.235. The fourth-order valence-electron chi connectivity index (χ4n) is 1.99. The lowest BCUT2D eigenvalue weighted by Crippen LogP contribution is -2.30. The van der Waals surface area contributed by atoms with Crippen molar-refractivity contribution < 1.29 is 14.5 Å². The Hall–Kier alpha value is -2.80. The average Bonchev–Trinajstić information content (AvgIpc) is 2.58. The molecule has 0 aliphatic rings. The molecular formula is C17H18ClN3O4. The van der Waals surface area contributed by atoms with Gasteiger partial charge in [0.2, 0.25) is 0 Å². The van der Waals surface area contributed by atoms with Gasteiger partial charge in [0.15, 0.2) is 0 Å². The summed E-state index contributed by atoms with van der Waals surface area (Å²) in [6.45, 7) is 2.85. The first-order chi connectivity index (χ1) is 12.0. The van der Waals surface area contributed by atoms with Gasteiger partial charge < -0.3 is 15.4 Å². The number of nitro benzene ring substituents is 1. The van der Waals surface area contributed by atoms with Crippen molar-refractivity contribution in [2.24, 2.45) is 0 Å². The number of aryl methyl sites for hydroxylation is 1. The molecule has 0 unspecified atom stereocenters. The Morgan fingerprint density at radius 1 is 1.24 bits per heavy atom. The fourth-order valence-corrected chi connectivity index (χ4v) is 2.15. The molecule has 0 spiro atoms. The summed E-state index contributed by atoms with van der Waals surface area (Å²) in [4.78, 5) is 22.0. The summed E-state index contributed by atoms with van der Waals surface area (Å²) in [5.74, 6) is 0.776. The lowest BCUT2D eigenvalue weighted by Gasteiger charge is -2.10.